The topological polar surface area (TPSA) is 75.5 Å². The molecule has 7 heteroatoms. The first-order valence-electron chi connectivity index (χ1n) is 8.52. The van der Waals surface area contributed by atoms with E-state index in [2.05, 4.69) is 5.10 Å². The van der Waals surface area contributed by atoms with Crippen LogP contribution in [0, 0.1) is 11.8 Å². The maximum atomic E-state index is 12.6. The minimum Gasteiger partial charge on any atom is -0.345 e. The molecule has 2 saturated heterocycles. The fourth-order valence-corrected chi connectivity index (χ4v) is 3.87. The average Bonchev–Trinajstić information content (AvgIpc) is 3.06. The molecule has 0 radical (unpaired) electrons. The summed E-state index contributed by atoms with van der Waals surface area (Å²) in [6.07, 6.45) is 2.52. The molecule has 7 nitrogen and oxygen atoms in total. The number of piperidine rings is 1. The van der Waals surface area contributed by atoms with Crippen molar-refractivity contribution < 1.29 is 9.59 Å². The highest BCUT2D eigenvalue weighted by Crippen LogP contribution is 2.31. The molecule has 2 aliphatic rings. The minimum atomic E-state index is -0.265. The highest BCUT2D eigenvalue weighted by molar-refractivity contribution is 5.83. The molecule has 0 bridgehead atoms. The van der Waals surface area contributed by atoms with Crippen LogP contribution in [0.15, 0.2) is 35.3 Å². The fraction of sp³-hybridized carbons (Fsp3) is 0.444. The lowest BCUT2D eigenvalue weighted by atomic mass is 9.88. The molecule has 4 rings (SSSR count). The summed E-state index contributed by atoms with van der Waals surface area (Å²) in [5, 5.41) is 5.43. The lowest BCUT2D eigenvalue weighted by molar-refractivity contribution is -0.138. The second-order valence-corrected chi connectivity index (χ2v) is 6.91. The predicted octanol–water partition coefficient (Wildman–Crippen LogP) is 0.333. The van der Waals surface area contributed by atoms with Gasteiger partial charge >= 0.3 is 0 Å². The van der Waals surface area contributed by atoms with Gasteiger partial charge < -0.3 is 9.80 Å². The van der Waals surface area contributed by atoms with Gasteiger partial charge in [0.1, 0.15) is 6.54 Å². The number of benzene rings is 1. The third kappa shape index (κ3) is 2.69. The lowest BCUT2D eigenvalue weighted by Gasteiger charge is -2.30. The Morgan fingerprint density at radius 3 is 2.88 bits per heavy atom. The van der Waals surface area contributed by atoms with Gasteiger partial charge in [0.15, 0.2) is 0 Å². The monoisotopic (exact) mass is 340 g/mol. The smallest absolute Gasteiger partial charge is 0.275 e. The zero-order valence-corrected chi connectivity index (χ0v) is 14.1. The molecule has 0 N–H and O–H groups in total. The summed E-state index contributed by atoms with van der Waals surface area (Å²) in [7, 11) is 1.81. The van der Waals surface area contributed by atoms with Crippen LogP contribution in [-0.2, 0) is 16.1 Å². The minimum absolute atomic E-state index is 0.0901. The van der Waals surface area contributed by atoms with Crippen molar-refractivity contribution in [2.75, 3.05) is 26.7 Å². The summed E-state index contributed by atoms with van der Waals surface area (Å²) in [6, 6.07) is 7.20. The molecule has 2 amide bonds. The molecule has 3 heterocycles. The zero-order valence-electron chi connectivity index (χ0n) is 14.1. The Balaban J connectivity index is 1.52. The van der Waals surface area contributed by atoms with Crippen LogP contribution in [0.25, 0.3) is 10.8 Å². The normalized spacial score (nSPS) is 23.2. The van der Waals surface area contributed by atoms with Gasteiger partial charge in [0.05, 0.1) is 17.5 Å². The Labute approximate surface area is 144 Å². The lowest BCUT2D eigenvalue weighted by Crippen LogP contribution is -2.43. The molecule has 0 aliphatic carbocycles. The highest BCUT2D eigenvalue weighted by atomic mass is 16.2. The van der Waals surface area contributed by atoms with Crippen LogP contribution >= 0.6 is 0 Å². The molecule has 130 valence electrons. The van der Waals surface area contributed by atoms with Crippen molar-refractivity contribution in [3.63, 3.8) is 0 Å². The van der Waals surface area contributed by atoms with Crippen molar-refractivity contribution in [3.8, 4) is 0 Å². The quantitative estimate of drug-likeness (QED) is 0.790. The number of fused-ring (bicyclic) bond motifs is 2. The van der Waals surface area contributed by atoms with Crippen LogP contribution < -0.4 is 5.56 Å². The van der Waals surface area contributed by atoms with E-state index in [4.69, 9.17) is 0 Å². The number of hydrogen-bond donors (Lipinski definition) is 0. The van der Waals surface area contributed by atoms with E-state index in [9.17, 15) is 14.4 Å². The molecule has 0 spiro atoms. The second-order valence-electron chi connectivity index (χ2n) is 6.91. The number of nitrogens with zero attached hydrogens (tertiary/aromatic N) is 4. The van der Waals surface area contributed by atoms with E-state index in [1.165, 1.54) is 4.68 Å². The van der Waals surface area contributed by atoms with Gasteiger partial charge in [0.2, 0.25) is 11.8 Å². The molecule has 1 aromatic carbocycles. The van der Waals surface area contributed by atoms with Crippen LogP contribution in [0.1, 0.15) is 6.42 Å². The van der Waals surface area contributed by atoms with Crippen molar-refractivity contribution in [2.24, 2.45) is 11.8 Å². The summed E-state index contributed by atoms with van der Waals surface area (Å²) in [5.41, 5.74) is -0.265. The van der Waals surface area contributed by atoms with E-state index in [0.717, 1.165) is 18.4 Å². The van der Waals surface area contributed by atoms with Crippen LogP contribution in [-0.4, -0.2) is 58.1 Å². The number of carbonyl (C=O) groups excluding carboxylic acids is 2. The third-order valence-corrected chi connectivity index (χ3v) is 5.37. The average molecular weight is 340 g/mol. The summed E-state index contributed by atoms with van der Waals surface area (Å²) in [4.78, 5) is 40.8. The highest BCUT2D eigenvalue weighted by Gasteiger charge is 2.43. The molecule has 2 atom stereocenters. The van der Waals surface area contributed by atoms with Crippen LogP contribution in [0.2, 0.25) is 0 Å². The second kappa shape index (κ2) is 5.98. The summed E-state index contributed by atoms with van der Waals surface area (Å²) in [5.74, 6) is 0.0835. The molecular formula is C18H20N4O3. The Kier molecular flexibility index (Phi) is 3.78. The van der Waals surface area contributed by atoms with Gasteiger partial charge in [-0.05, 0) is 18.4 Å². The van der Waals surface area contributed by atoms with E-state index in [1.807, 2.05) is 19.2 Å². The van der Waals surface area contributed by atoms with E-state index in [1.54, 1.807) is 28.1 Å². The van der Waals surface area contributed by atoms with Crippen molar-refractivity contribution in [3.05, 3.63) is 40.8 Å². The van der Waals surface area contributed by atoms with E-state index >= 15 is 0 Å². The predicted molar refractivity (Wildman–Crippen MR) is 91.8 cm³/mol. The van der Waals surface area contributed by atoms with Gasteiger partial charge in [-0.25, -0.2) is 4.68 Å². The van der Waals surface area contributed by atoms with E-state index < -0.39 is 0 Å². The van der Waals surface area contributed by atoms with Gasteiger partial charge in [-0.3, -0.25) is 14.4 Å². The molecular weight excluding hydrogens is 320 g/mol. The number of aromatic nitrogens is 2. The van der Waals surface area contributed by atoms with Gasteiger partial charge in [-0.1, -0.05) is 18.2 Å². The number of carbonyl (C=O) groups is 2. The summed E-state index contributed by atoms with van der Waals surface area (Å²) < 4.78 is 1.21. The number of likely N-dealkylation sites (tertiary alicyclic amines) is 2. The van der Waals surface area contributed by atoms with Crippen molar-refractivity contribution in [2.45, 2.75) is 13.0 Å². The Hall–Kier alpha value is -2.70. The number of amides is 2. The Morgan fingerprint density at radius 2 is 2.04 bits per heavy atom. The van der Waals surface area contributed by atoms with E-state index in [0.29, 0.717) is 18.5 Å². The first kappa shape index (κ1) is 15.8. The summed E-state index contributed by atoms with van der Waals surface area (Å²) in [6.45, 7) is 1.68. The zero-order chi connectivity index (χ0) is 17.6. The molecule has 2 fully saturated rings. The Bertz CT molecular complexity index is 907. The fourth-order valence-electron chi connectivity index (χ4n) is 3.87. The first-order chi connectivity index (χ1) is 12.0. The van der Waals surface area contributed by atoms with Crippen LogP contribution in [0.4, 0.5) is 0 Å². The first-order valence-corrected chi connectivity index (χ1v) is 8.52. The maximum Gasteiger partial charge on any atom is 0.275 e. The standard InChI is InChI=1S/C18H20N4O3/c1-20-7-6-13-9-21(10-15(13)17(20)24)16(23)11-22-18(25)14-5-3-2-4-12(14)8-19-22/h2-5,8,13,15H,6-7,9-11H2,1H3/t13-,15+/m1/s1. The Morgan fingerprint density at radius 1 is 1.24 bits per heavy atom. The third-order valence-electron chi connectivity index (χ3n) is 5.37. The van der Waals surface area contributed by atoms with Gasteiger partial charge in [0.25, 0.3) is 5.56 Å². The molecule has 2 aliphatic heterocycles. The van der Waals surface area contributed by atoms with Gasteiger partial charge in [0, 0.05) is 32.1 Å². The van der Waals surface area contributed by atoms with Gasteiger partial charge in [-0.2, -0.15) is 5.10 Å². The number of rotatable bonds is 2. The maximum absolute atomic E-state index is 12.6. The molecule has 0 saturated carbocycles. The van der Waals surface area contributed by atoms with Crippen LogP contribution in [0.5, 0.6) is 0 Å². The van der Waals surface area contributed by atoms with Crippen molar-refractivity contribution in [1.29, 1.82) is 0 Å². The molecule has 25 heavy (non-hydrogen) atoms. The number of hydrogen-bond acceptors (Lipinski definition) is 4. The van der Waals surface area contributed by atoms with Gasteiger partial charge in [-0.15, -0.1) is 0 Å². The largest absolute Gasteiger partial charge is 0.345 e. The molecule has 1 aromatic heterocycles. The molecule has 2 aromatic rings. The molecule has 0 unspecified atom stereocenters. The summed E-state index contributed by atoms with van der Waals surface area (Å²) >= 11 is 0. The van der Waals surface area contributed by atoms with Crippen molar-refractivity contribution >= 4 is 22.6 Å². The van der Waals surface area contributed by atoms with Crippen LogP contribution in [0.3, 0.4) is 0 Å². The van der Waals surface area contributed by atoms with Crippen molar-refractivity contribution in [1.82, 2.24) is 19.6 Å². The SMILES string of the molecule is CN1CC[C@@H]2CN(C(=O)Cn3ncc4ccccc4c3=O)C[C@@H]2C1=O. The van der Waals surface area contributed by atoms with E-state index in [-0.39, 0.29) is 35.8 Å².